The van der Waals surface area contributed by atoms with Crippen LogP contribution < -0.4 is 10.9 Å². The first-order valence-electron chi connectivity index (χ1n) is 12.3. The molecule has 2 amide bonds. The standard InChI is InChI=1S/C30H27BrN4O2/c1-3-18-34(30(37)32-24-15-13-23(31)14-16-24)20(2)28-33-27-11-7-6-10-26(27)29(36)35(28)25-17-12-21-8-4-5-9-22(21)19-25/h4-17,19-20H,3,18H2,1-2H3,(H,32,37). The summed E-state index contributed by atoms with van der Waals surface area (Å²) in [7, 11) is 0. The van der Waals surface area contributed by atoms with Crippen molar-refractivity contribution >= 4 is 49.3 Å². The lowest BCUT2D eigenvalue weighted by atomic mass is 10.1. The van der Waals surface area contributed by atoms with Crippen molar-refractivity contribution in [3.63, 3.8) is 0 Å². The average molecular weight is 555 g/mol. The molecule has 0 aliphatic heterocycles. The summed E-state index contributed by atoms with van der Waals surface area (Å²) in [5, 5.41) is 5.64. The van der Waals surface area contributed by atoms with Gasteiger partial charge in [-0.2, -0.15) is 0 Å². The minimum absolute atomic E-state index is 0.160. The van der Waals surface area contributed by atoms with Gasteiger partial charge in [-0.15, -0.1) is 0 Å². The Morgan fingerprint density at radius 2 is 1.68 bits per heavy atom. The van der Waals surface area contributed by atoms with E-state index in [1.54, 1.807) is 15.5 Å². The summed E-state index contributed by atoms with van der Waals surface area (Å²) < 4.78 is 2.58. The molecule has 6 nitrogen and oxygen atoms in total. The van der Waals surface area contributed by atoms with Gasteiger partial charge in [-0.3, -0.25) is 9.36 Å². The number of fused-ring (bicyclic) bond motifs is 2. The van der Waals surface area contributed by atoms with E-state index in [0.29, 0.717) is 34.6 Å². The SMILES string of the molecule is CCCN(C(=O)Nc1ccc(Br)cc1)C(C)c1nc2ccccc2c(=O)n1-c1ccc2ccccc2c1. The lowest BCUT2D eigenvalue weighted by Crippen LogP contribution is -2.40. The van der Waals surface area contributed by atoms with Crippen molar-refractivity contribution in [3.8, 4) is 5.69 Å². The Morgan fingerprint density at radius 3 is 2.43 bits per heavy atom. The number of para-hydroxylation sites is 1. The van der Waals surface area contributed by atoms with E-state index in [1.165, 1.54) is 0 Å². The van der Waals surface area contributed by atoms with E-state index in [-0.39, 0.29) is 11.6 Å². The van der Waals surface area contributed by atoms with Crippen molar-refractivity contribution in [1.82, 2.24) is 14.5 Å². The molecule has 0 aliphatic rings. The van der Waals surface area contributed by atoms with Crippen LogP contribution in [-0.2, 0) is 0 Å². The first-order valence-corrected chi connectivity index (χ1v) is 13.1. The number of amides is 2. The van der Waals surface area contributed by atoms with E-state index in [0.717, 1.165) is 21.7 Å². The number of nitrogens with one attached hydrogen (secondary N) is 1. The van der Waals surface area contributed by atoms with Gasteiger partial charge in [0.25, 0.3) is 5.56 Å². The molecule has 0 saturated carbocycles. The summed E-state index contributed by atoms with van der Waals surface area (Å²) in [5.41, 5.74) is 1.86. The minimum Gasteiger partial charge on any atom is -0.315 e. The predicted octanol–water partition coefficient (Wildman–Crippen LogP) is 7.31. The number of anilines is 1. The van der Waals surface area contributed by atoms with Gasteiger partial charge in [0.05, 0.1) is 22.6 Å². The molecular weight excluding hydrogens is 528 g/mol. The van der Waals surface area contributed by atoms with Gasteiger partial charge in [0.2, 0.25) is 0 Å². The highest BCUT2D eigenvalue weighted by atomic mass is 79.9. The number of hydrogen-bond acceptors (Lipinski definition) is 3. The fourth-order valence-corrected chi connectivity index (χ4v) is 4.84. The van der Waals surface area contributed by atoms with E-state index in [1.807, 2.05) is 98.8 Å². The van der Waals surface area contributed by atoms with Gasteiger partial charge in [-0.05, 0) is 72.6 Å². The number of hydrogen-bond donors (Lipinski definition) is 1. The van der Waals surface area contributed by atoms with Gasteiger partial charge in [0.15, 0.2) is 0 Å². The summed E-state index contributed by atoms with van der Waals surface area (Å²) in [5.74, 6) is 0.512. The maximum atomic E-state index is 13.9. The summed E-state index contributed by atoms with van der Waals surface area (Å²) in [4.78, 5) is 34.0. The van der Waals surface area contributed by atoms with Crippen LogP contribution in [0, 0.1) is 0 Å². The maximum Gasteiger partial charge on any atom is 0.322 e. The van der Waals surface area contributed by atoms with Crippen LogP contribution in [0.15, 0.2) is 100 Å². The highest BCUT2D eigenvalue weighted by Gasteiger charge is 2.26. The predicted molar refractivity (Wildman–Crippen MR) is 153 cm³/mol. The molecule has 186 valence electrons. The Kier molecular flexibility index (Phi) is 7.06. The third-order valence-corrected chi connectivity index (χ3v) is 6.98. The fraction of sp³-hybridized carbons (Fsp3) is 0.167. The molecule has 5 rings (SSSR count). The van der Waals surface area contributed by atoms with Crippen LogP contribution in [0.5, 0.6) is 0 Å². The molecule has 37 heavy (non-hydrogen) atoms. The number of carbonyl (C=O) groups is 1. The molecule has 1 atom stereocenters. The van der Waals surface area contributed by atoms with E-state index in [9.17, 15) is 9.59 Å². The monoisotopic (exact) mass is 554 g/mol. The maximum absolute atomic E-state index is 13.9. The molecule has 0 bridgehead atoms. The van der Waals surface area contributed by atoms with E-state index < -0.39 is 6.04 Å². The number of aromatic nitrogens is 2. The second-order valence-corrected chi connectivity index (χ2v) is 9.88. The number of halogens is 1. The Labute approximate surface area is 223 Å². The van der Waals surface area contributed by atoms with Gasteiger partial charge < -0.3 is 10.2 Å². The van der Waals surface area contributed by atoms with Crippen LogP contribution in [0.25, 0.3) is 27.4 Å². The number of benzene rings is 4. The highest BCUT2D eigenvalue weighted by molar-refractivity contribution is 9.10. The third kappa shape index (κ3) is 5.00. The van der Waals surface area contributed by atoms with E-state index in [4.69, 9.17) is 4.98 Å². The second kappa shape index (κ2) is 10.6. The molecule has 0 spiro atoms. The molecule has 5 aromatic rings. The normalized spacial score (nSPS) is 12.0. The van der Waals surface area contributed by atoms with Crippen molar-refractivity contribution in [2.24, 2.45) is 0 Å². The smallest absolute Gasteiger partial charge is 0.315 e. The summed E-state index contributed by atoms with van der Waals surface area (Å²) in [6, 6.07) is 28.0. The molecular formula is C30H27BrN4O2. The van der Waals surface area contributed by atoms with Crippen LogP contribution in [0.1, 0.15) is 32.1 Å². The van der Waals surface area contributed by atoms with Crippen molar-refractivity contribution in [1.29, 1.82) is 0 Å². The number of rotatable bonds is 6. The first-order chi connectivity index (χ1) is 18.0. The zero-order chi connectivity index (χ0) is 25.9. The number of urea groups is 1. The lowest BCUT2D eigenvalue weighted by molar-refractivity contribution is 0.189. The Hall–Kier alpha value is -3.97. The Balaban J connectivity index is 1.63. The van der Waals surface area contributed by atoms with Crippen LogP contribution in [0.3, 0.4) is 0 Å². The van der Waals surface area contributed by atoms with Gasteiger partial charge in [-0.1, -0.05) is 65.3 Å². The number of carbonyl (C=O) groups excluding carboxylic acids is 1. The van der Waals surface area contributed by atoms with Crippen LogP contribution in [0.4, 0.5) is 10.5 Å². The highest BCUT2D eigenvalue weighted by Crippen LogP contribution is 2.26. The fourth-order valence-electron chi connectivity index (χ4n) is 4.58. The van der Waals surface area contributed by atoms with E-state index in [2.05, 4.69) is 21.2 Å². The van der Waals surface area contributed by atoms with Crippen molar-refractivity contribution in [3.05, 3.63) is 112 Å². The van der Waals surface area contributed by atoms with Crippen molar-refractivity contribution in [2.75, 3.05) is 11.9 Å². The van der Waals surface area contributed by atoms with Crippen LogP contribution in [0.2, 0.25) is 0 Å². The molecule has 0 radical (unpaired) electrons. The molecule has 0 saturated heterocycles. The van der Waals surface area contributed by atoms with E-state index >= 15 is 0 Å². The van der Waals surface area contributed by atoms with Crippen molar-refractivity contribution in [2.45, 2.75) is 26.3 Å². The second-order valence-electron chi connectivity index (χ2n) is 8.97. The lowest BCUT2D eigenvalue weighted by Gasteiger charge is -2.30. The van der Waals surface area contributed by atoms with Gasteiger partial charge in [-0.25, -0.2) is 9.78 Å². The topological polar surface area (TPSA) is 67.2 Å². The Morgan fingerprint density at radius 1 is 0.973 bits per heavy atom. The Bertz CT molecular complexity index is 1650. The molecule has 1 unspecified atom stereocenters. The third-order valence-electron chi connectivity index (χ3n) is 6.45. The molecule has 0 aliphatic carbocycles. The summed E-state index contributed by atoms with van der Waals surface area (Å²) >= 11 is 3.43. The molecule has 4 aromatic carbocycles. The van der Waals surface area contributed by atoms with Crippen molar-refractivity contribution < 1.29 is 4.79 Å². The molecule has 1 aromatic heterocycles. The molecule has 1 N–H and O–H groups in total. The molecule has 1 heterocycles. The van der Waals surface area contributed by atoms with Crippen LogP contribution in [-0.4, -0.2) is 27.0 Å². The molecule has 7 heteroatoms. The zero-order valence-electron chi connectivity index (χ0n) is 20.7. The number of nitrogens with zero attached hydrogens (tertiary/aromatic N) is 3. The van der Waals surface area contributed by atoms with Gasteiger partial charge >= 0.3 is 6.03 Å². The summed E-state index contributed by atoms with van der Waals surface area (Å²) in [6.07, 6.45) is 0.756. The largest absolute Gasteiger partial charge is 0.322 e. The van der Waals surface area contributed by atoms with Gasteiger partial charge in [0.1, 0.15) is 5.82 Å². The zero-order valence-corrected chi connectivity index (χ0v) is 22.3. The summed E-state index contributed by atoms with van der Waals surface area (Å²) in [6.45, 7) is 4.45. The van der Waals surface area contributed by atoms with Gasteiger partial charge in [0, 0.05) is 16.7 Å². The van der Waals surface area contributed by atoms with Crippen LogP contribution >= 0.6 is 15.9 Å². The molecule has 0 fully saturated rings. The average Bonchev–Trinajstić information content (AvgIpc) is 2.92. The quantitative estimate of drug-likeness (QED) is 0.239. The minimum atomic E-state index is -0.473. The first kappa shape index (κ1) is 24.7.